The second kappa shape index (κ2) is 7.94. The highest BCUT2D eigenvalue weighted by atomic mass is 35.5. The van der Waals surface area contributed by atoms with Gasteiger partial charge in [-0.3, -0.25) is 14.6 Å². The lowest BCUT2D eigenvalue weighted by Gasteiger charge is -2.06. The van der Waals surface area contributed by atoms with Crippen LogP contribution in [-0.4, -0.2) is 35.8 Å². The molecule has 2 N–H and O–H groups in total. The number of aromatic amines is 1. The average Bonchev–Trinajstić information content (AvgIpc) is 2.66. The summed E-state index contributed by atoms with van der Waals surface area (Å²) in [6, 6.07) is 4.48. The smallest absolute Gasteiger partial charge is 0.250 e. The Labute approximate surface area is 153 Å². The Morgan fingerprint density at radius 2 is 2.04 bits per heavy atom. The van der Waals surface area contributed by atoms with Gasteiger partial charge in [-0.15, -0.1) is 0 Å². The maximum Gasteiger partial charge on any atom is 0.250 e. The van der Waals surface area contributed by atoms with Gasteiger partial charge in [0.1, 0.15) is 17.8 Å². The predicted octanol–water partition coefficient (Wildman–Crippen LogP) is 1.58. The Balaban J connectivity index is 1.77. The first-order chi connectivity index (χ1) is 12.6. The summed E-state index contributed by atoms with van der Waals surface area (Å²) in [6.45, 7) is -0.262. The van der Waals surface area contributed by atoms with Crippen molar-refractivity contribution in [2.45, 2.75) is 19.4 Å². The quantitative estimate of drug-likeness (QED) is 0.631. The van der Waals surface area contributed by atoms with Gasteiger partial charge >= 0.3 is 0 Å². The number of rotatable bonds is 6. The largest absolute Gasteiger partial charge is 0.390 e. The minimum absolute atomic E-state index is 0.145. The van der Waals surface area contributed by atoms with Crippen LogP contribution in [0.25, 0.3) is 11.3 Å². The van der Waals surface area contributed by atoms with E-state index in [1.54, 1.807) is 12.1 Å². The molecule has 0 aliphatic carbocycles. The molecule has 0 saturated heterocycles. The van der Waals surface area contributed by atoms with Crippen LogP contribution in [0, 0.1) is 0 Å². The third-order valence-electron chi connectivity index (χ3n) is 3.63. The normalized spacial score (nSPS) is 10.7. The van der Waals surface area contributed by atoms with Gasteiger partial charge in [0.2, 0.25) is 0 Å². The zero-order chi connectivity index (χ0) is 18.5. The molecule has 3 heterocycles. The SMILES string of the molecule is O=C(CCc1nccc(=O)[nH]1)c1cc(-c2cnc(CO)c(Cl)c2)ncn1. The molecule has 0 unspecified atom stereocenters. The molecule has 3 aromatic rings. The summed E-state index contributed by atoms with van der Waals surface area (Å²) in [5, 5.41) is 9.44. The molecule has 0 radical (unpaired) electrons. The van der Waals surface area contributed by atoms with Crippen LogP contribution in [0.2, 0.25) is 5.02 Å². The highest BCUT2D eigenvalue weighted by Crippen LogP contribution is 2.23. The topological polar surface area (TPSA) is 122 Å². The van der Waals surface area contributed by atoms with Crippen LogP contribution in [0.5, 0.6) is 0 Å². The molecule has 0 aliphatic rings. The van der Waals surface area contributed by atoms with E-state index in [1.165, 1.54) is 24.8 Å². The van der Waals surface area contributed by atoms with E-state index in [2.05, 4.69) is 24.9 Å². The molecule has 0 amide bonds. The van der Waals surface area contributed by atoms with Crippen molar-refractivity contribution >= 4 is 17.4 Å². The molecule has 132 valence electrons. The number of halogens is 1. The number of nitrogens with zero attached hydrogens (tertiary/aromatic N) is 4. The number of carbonyl (C=O) groups excluding carboxylic acids is 1. The molecule has 3 aromatic heterocycles. The van der Waals surface area contributed by atoms with E-state index < -0.39 is 0 Å². The van der Waals surface area contributed by atoms with Gasteiger partial charge in [-0.25, -0.2) is 15.0 Å². The number of Topliss-reactive ketones (excluding diaryl/α,β-unsaturated/α-hetero) is 1. The van der Waals surface area contributed by atoms with Gasteiger partial charge in [0.15, 0.2) is 5.78 Å². The van der Waals surface area contributed by atoms with E-state index in [0.29, 0.717) is 34.2 Å². The number of aromatic nitrogens is 5. The molecule has 0 saturated carbocycles. The third-order valence-corrected chi connectivity index (χ3v) is 3.96. The molecule has 0 fully saturated rings. The summed E-state index contributed by atoms with van der Waals surface area (Å²) in [7, 11) is 0. The minimum atomic E-state index is -0.262. The number of nitrogens with one attached hydrogen (secondary N) is 1. The fraction of sp³-hybridized carbons (Fsp3) is 0.176. The molecule has 3 rings (SSSR count). The van der Waals surface area contributed by atoms with Gasteiger partial charge in [-0.05, 0) is 12.1 Å². The summed E-state index contributed by atoms with van der Waals surface area (Å²) in [5.74, 6) is 0.238. The lowest BCUT2D eigenvalue weighted by molar-refractivity contribution is 0.0977. The second-order valence-corrected chi connectivity index (χ2v) is 5.81. The number of H-pyrrole nitrogens is 1. The number of hydrogen-bond donors (Lipinski definition) is 2. The fourth-order valence-electron chi connectivity index (χ4n) is 2.29. The number of aliphatic hydroxyl groups is 1. The zero-order valence-corrected chi connectivity index (χ0v) is 14.3. The number of pyridine rings is 1. The van der Waals surface area contributed by atoms with Crippen LogP contribution in [0.15, 0.2) is 41.7 Å². The number of ketones is 1. The number of carbonyl (C=O) groups is 1. The van der Waals surface area contributed by atoms with Crippen molar-refractivity contribution in [3.63, 3.8) is 0 Å². The molecule has 9 heteroatoms. The molecule has 0 atom stereocenters. The molecule has 0 aliphatic heterocycles. The van der Waals surface area contributed by atoms with Crippen LogP contribution >= 0.6 is 11.6 Å². The fourth-order valence-corrected chi connectivity index (χ4v) is 2.51. The van der Waals surface area contributed by atoms with Gasteiger partial charge in [-0.2, -0.15) is 0 Å². The van der Waals surface area contributed by atoms with Crippen molar-refractivity contribution in [2.24, 2.45) is 0 Å². The van der Waals surface area contributed by atoms with Gasteiger partial charge in [0.05, 0.1) is 23.0 Å². The van der Waals surface area contributed by atoms with Gasteiger partial charge in [-0.1, -0.05) is 11.6 Å². The van der Waals surface area contributed by atoms with E-state index in [-0.39, 0.29) is 30.1 Å². The van der Waals surface area contributed by atoms with Crippen LogP contribution in [0.3, 0.4) is 0 Å². The predicted molar refractivity (Wildman–Crippen MR) is 93.7 cm³/mol. The van der Waals surface area contributed by atoms with E-state index in [4.69, 9.17) is 16.7 Å². The standard InChI is InChI=1S/C17H14ClN5O3/c18-11-5-10(7-20-14(11)8-24)12-6-13(22-9-21-12)15(25)1-2-16-19-4-3-17(26)23-16/h3-7,9,24H,1-2,8H2,(H,19,23,26). The first kappa shape index (κ1) is 17.8. The summed E-state index contributed by atoms with van der Waals surface area (Å²) in [4.78, 5) is 42.4. The number of aliphatic hydroxyl groups excluding tert-OH is 1. The maximum atomic E-state index is 12.4. The molecule has 0 aromatic carbocycles. The van der Waals surface area contributed by atoms with E-state index in [1.807, 2.05) is 0 Å². The molecule has 0 bridgehead atoms. The van der Waals surface area contributed by atoms with Crippen molar-refractivity contribution < 1.29 is 9.90 Å². The van der Waals surface area contributed by atoms with E-state index in [0.717, 1.165) is 0 Å². The van der Waals surface area contributed by atoms with E-state index in [9.17, 15) is 9.59 Å². The summed E-state index contributed by atoms with van der Waals surface area (Å²) in [5.41, 5.74) is 1.45. The summed E-state index contributed by atoms with van der Waals surface area (Å²) in [6.07, 6.45) is 4.65. The lowest BCUT2D eigenvalue weighted by Crippen LogP contribution is -2.11. The van der Waals surface area contributed by atoms with E-state index >= 15 is 0 Å². The number of aryl methyl sites for hydroxylation is 1. The Bertz CT molecular complexity index is 1010. The summed E-state index contributed by atoms with van der Waals surface area (Å²) < 4.78 is 0. The summed E-state index contributed by atoms with van der Waals surface area (Å²) >= 11 is 6.04. The Kier molecular flexibility index (Phi) is 5.45. The molecule has 26 heavy (non-hydrogen) atoms. The minimum Gasteiger partial charge on any atom is -0.390 e. The van der Waals surface area contributed by atoms with Crippen molar-refractivity contribution in [3.8, 4) is 11.3 Å². The molecule has 8 nitrogen and oxygen atoms in total. The lowest BCUT2D eigenvalue weighted by atomic mass is 10.1. The second-order valence-electron chi connectivity index (χ2n) is 5.40. The van der Waals surface area contributed by atoms with Crippen LogP contribution in [0.4, 0.5) is 0 Å². The highest BCUT2D eigenvalue weighted by molar-refractivity contribution is 6.31. The Morgan fingerprint density at radius 1 is 1.19 bits per heavy atom. The van der Waals surface area contributed by atoms with Crippen molar-refractivity contribution in [1.29, 1.82) is 0 Å². The Morgan fingerprint density at radius 3 is 2.77 bits per heavy atom. The zero-order valence-electron chi connectivity index (χ0n) is 13.5. The van der Waals surface area contributed by atoms with Gasteiger partial charge in [0, 0.05) is 36.9 Å². The first-order valence-electron chi connectivity index (χ1n) is 7.72. The third kappa shape index (κ3) is 4.16. The van der Waals surface area contributed by atoms with Gasteiger partial charge in [0.25, 0.3) is 5.56 Å². The average molecular weight is 372 g/mol. The highest BCUT2D eigenvalue weighted by Gasteiger charge is 2.12. The van der Waals surface area contributed by atoms with Crippen LogP contribution in [0.1, 0.15) is 28.4 Å². The Hall–Kier alpha value is -2.97. The van der Waals surface area contributed by atoms with Crippen molar-refractivity contribution in [1.82, 2.24) is 24.9 Å². The van der Waals surface area contributed by atoms with Crippen molar-refractivity contribution in [3.05, 3.63) is 69.5 Å². The molecular weight excluding hydrogens is 358 g/mol. The number of hydrogen-bond acceptors (Lipinski definition) is 7. The van der Waals surface area contributed by atoms with Crippen molar-refractivity contribution in [2.75, 3.05) is 0 Å². The molecular formula is C17H14ClN5O3. The first-order valence-corrected chi connectivity index (χ1v) is 8.09. The van der Waals surface area contributed by atoms with Crippen LogP contribution < -0.4 is 5.56 Å². The van der Waals surface area contributed by atoms with Crippen LogP contribution in [-0.2, 0) is 13.0 Å². The maximum absolute atomic E-state index is 12.4. The monoisotopic (exact) mass is 371 g/mol. The molecule has 0 spiro atoms. The van der Waals surface area contributed by atoms with Gasteiger partial charge < -0.3 is 10.1 Å².